The zero-order valence-corrected chi connectivity index (χ0v) is 14.8. The van der Waals surface area contributed by atoms with Crippen molar-refractivity contribution in [3.05, 3.63) is 0 Å². The molecule has 0 bridgehead atoms. The number of likely N-dealkylation sites (tertiary alicyclic amines) is 2. The fourth-order valence-electron chi connectivity index (χ4n) is 3.90. The Bertz CT molecular complexity index is 289. The van der Waals surface area contributed by atoms with Crippen LogP contribution < -0.4 is 5.32 Å². The summed E-state index contributed by atoms with van der Waals surface area (Å²) in [5.41, 5.74) is 0.518. The van der Waals surface area contributed by atoms with Gasteiger partial charge in [0.25, 0.3) is 0 Å². The van der Waals surface area contributed by atoms with Gasteiger partial charge < -0.3 is 15.1 Å². The Kier molecular flexibility index (Phi) is 6.51. The third-order valence-corrected chi connectivity index (χ3v) is 5.92. The van der Waals surface area contributed by atoms with Gasteiger partial charge >= 0.3 is 0 Å². The van der Waals surface area contributed by atoms with Crippen LogP contribution in [0, 0.1) is 11.3 Å². The third kappa shape index (κ3) is 5.22. The number of nitrogens with one attached hydrogen (secondary N) is 1. The van der Waals surface area contributed by atoms with Crippen molar-refractivity contribution in [2.75, 3.05) is 46.3 Å². The summed E-state index contributed by atoms with van der Waals surface area (Å²) in [6.07, 6.45) is 6.75. The molecule has 0 amide bonds. The van der Waals surface area contributed by atoms with Crippen molar-refractivity contribution in [3.63, 3.8) is 0 Å². The van der Waals surface area contributed by atoms with Gasteiger partial charge in [-0.25, -0.2) is 0 Å². The molecule has 1 unspecified atom stereocenters. The first-order valence-corrected chi connectivity index (χ1v) is 9.17. The normalized spacial score (nSPS) is 26.9. The molecule has 0 aromatic rings. The molecule has 0 spiro atoms. The molecule has 2 heterocycles. The highest BCUT2D eigenvalue weighted by Crippen LogP contribution is 2.30. The summed E-state index contributed by atoms with van der Waals surface area (Å²) in [6, 6.07) is 0.685. The lowest BCUT2D eigenvalue weighted by atomic mass is 9.79. The minimum atomic E-state index is 0.518. The van der Waals surface area contributed by atoms with Crippen LogP contribution in [-0.4, -0.2) is 62.2 Å². The van der Waals surface area contributed by atoms with Gasteiger partial charge in [-0.3, -0.25) is 0 Å². The van der Waals surface area contributed by atoms with E-state index in [9.17, 15) is 0 Å². The predicted molar refractivity (Wildman–Crippen MR) is 91.8 cm³/mol. The molecule has 21 heavy (non-hydrogen) atoms. The summed E-state index contributed by atoms with van der Waals surface area (Å²) in [4.78, 5) is 5.11. The van der Waals surface area contributed by atoms with Crippen molar-refractivity contribution in [3.8, 4) is 0 Å². The second-order valence-corrected chi connectivity index (χ2v) is 7.96. The average Bonchev–Trinajstić information content (AvgIpc) is 2.49. The third-order valence-electron chi connectivity index (χ3n) is 5.92. The van der Waals surface area contributed by atoms with Crippen molar-refractivity contribution in [1.82, 2.24) is 15.1 Å². The van der Waals surface area contributed by atoms with Crippen LogP contribution in [0.5, 0.6) is 0 Å². The Morgan fingerprint density at radius 1 is 1.14 bits per heavy atom. The molecule has 3 nitrogen and oxygen atoms in total. The van der Waals surface area contributed by atoms with E-state index in [-0.39, 0.29) is 0 Å². The minimum absolute atomic E-state index is 0.518. The molecule has 0 aromatic heterocycles. The highest BCUT2D eigenvalue weighted by molar-refractivity contribution is 4.86. The quantitative estimate of drug-likeness (QED) is 0.813. The van der Waals surface area contributed by atoms with E-state index in [2.05, 4.69) is 42.9 Å². The molecule has 2 rings (SSSR count). The van der Waals surface area contributed by atoms with Crippen LogP contribution in [0.2, 0.25) is 0 Å². The summed E-state index contributed by atoms with van der Waals surface area (Å²) in [5.74, 6) is 0.882. The largest absolute Gasteiger partial charge is 0.313 e. The zero-order valence-electron chi connectivity index (χ0n) is 14.8. The molecular formula is C18H37N3. The van der Waals surface area contributed by atoms with Gasteiger partial charge in [-0.15, -0.1) is 0 Å². The average molecular weight is 296 g/mol. The Hall–Kier alpha value is -0.120. The highest BCUT2D eigenvalue weighted by Gasteiger charge is 2.30. The molecule has 2 fully saturated rings. The predicted octanol–water partition coefficient (Wildman–Crippen LogP) is 2.82. The maximum Gasteiger partial charge on any atom is 0.00681 e. The van der Waals surface area contributed by atoms with Gasteiger partial charge in [0.2, 0.25) is 0 Å². The zero-order chi connectivity index (χ0) is 15.3. The molecule has 0 saturated carbocycles. The molecular weight excluding hydrogens is 258 g/mol. The van der Waals surface area contributed by atoms with Crippen LogP contribution in [0.15, 0.2) is 0 Å². The molecule has 2 saturated heterocycles. The van der Waals surface area contributed by atoms with Crippen LogP contribution in [-0.2, 0) is 0 Å². The Morgan fingerprint density at radius 3 is 2.33 bits per heavy atom. The van der Waals surface area contributed by atoms with E-state index in [4.69, 9.17) is 0 Å². The van der Waals surface area contributed by atoms with Gasteiger partial charge in [0.1, 0.15) is 0 Å². The molecule has 0 radical (unpaired) electrons. The molecule has 124 valence electrons. The van der Waals surface area contributed by atoms with Crippen LogP contribution in [0.25, 0.3) is 0 Å². The molecule has 1 atom stereocenters. The van der Waals surface area contributed by atoms with Gasteiger partial charge in [0.05, 0.1) is 0 Å². The fourth-order valence-corrected chi connectivity index (χ4v) is 3.90. The summed E-state index contributed by atoms with van der Waals surface area (Å²) >= 11 is 0. The standard InChI is InChI=1S/C18H37N3/c1-5-10-21-11-6-17(7-12-21)16(2)19-15-18(3)8-13-20(4)14-9-18/h16-17,19H,5-15H2,1-4H3. The van der Waals surface area contributed by atoms with Crippen LogP contribution in [0.1, 0.15) is 52.9 Å². The summed E-state index contributed by atoms with van der Waals surface area (Å²) in [7, 11) is 2.25. The fraction of sp³-hybridized carbons (Fsp3) is 1.00. The van der Waals surface area contributed by atoms with Crippen LogP contribution >= 0.6 is 0 Å². The maximum atomic E-state index is 3.89. The van der Waals surface area contributed by atoms with E-state index in [0.717, 1.165) is 5.92 Å². The molecule has 0 aromatic carbocycles. The first-order chi connectivity index (χ1) is 10.0. The van der Waals surface area contributed by atoms with E-state index in [1.165, 1.54) is 71.4 Å². The monoisotopic (exact) mass is 295 g/mol. The van der Waals surface area contributed by atoms with Crippen molar-refractivity contribution in [2.45, 2.75) is 58.9 Å². The van der Waals surface area contributed by atoms with Crippen molar-refractivity contribution in [1.29, 1.82) is 0 Å². The topological polar surface area (TPSA) is 18.5 Å². The van der Waals surface area contributed by atoms with Crippen molar-refractivity contribution >= 4 is 0 Å². The SMILES string of the molecule is CCCN1CCC(C(C)NCC2(C)CCN(C)CC2)CC1. The smallest absolute Gasteiger partial charge is 0.00681 e. The highest BCUT2D eigenvalue weighted by atomic mass is 15.1. The van der Waals surface area contributed by atoms with Crippen LogP contribution in [0.4, 0.5) is 0 Å². The molecule has 2 aliphatic heterocycles. The summed E-state index contributed by atoms with van der Waals surface area (Å²) in [6.45, 7) is 14.8. The first kappa shape index (κ1) is 17.2. The molecule has 2 aliphatic rings. The lowest BCUT2D eigenvalue weighted by molar-refractivity contribution is 0.120. The van der Waals surface area contributed by atoms with E-state index in [1.54, 1.807) is 0 Å². The van der Waals surface area contributed by atoms with Crippen molar-refractivity contribution in [2.24, 2.45) is 11.3 Å². The maximum absolute atomic E-state index is 3.89. The Balaban J connectivity index is 1.69. The van der Waals surface area contributed by atoms with Gasteiger partial charge in [0.15, 0.2) is 0 Å². The molecule has 3 heteroatoms. The second kappa shape index (κ2) is 7.94. The number of hydrogen-bond acceptors (Lipinski definition) is 3. The number of rotatable bonds is 6. The first-order valence-electron chi connectivity index (χ1n) is 9.17. The minimum Gasteiger partial charge on any atom is -0.313 e. The van der Waals surface area contributed by atoms with E-state index in [0.29, 0.717) is 11.5 Å². The number of piperidine rings is 2. The Morgan fingerprint density at radius 2 is 1.76 bits per heavy atom. The van der Waals surface area contributed by atoms with E-state index >= 15 is 0 Å². The summed E-state index contributed by atoms with van der Waals surface area (Å²) in [5, 5.41) is 3.89. The van der Waals surface area contributed by atoms with E-state index < -0.39 is 0 Å². The Labute approximate surface area is 132 Å². The van der Waals surface area contributed by atoms with Gasteiger partial charge in [-0.05, 0) is 90.1 Å². The number of hydrogen-bond donors (Lipinski definition) is 1. The van der Waals surface area contributed by atoms with Gasteiger partial charge in [-0.2, -0.15) is 0 Å². The molecule has 0 aliphatic carbocycles. The van der Waals surface area contributed by atoms with Gasteiger partial charge in [0, 0.05) is 12.6 Å². The number of nitrogens with zero attached hydrogens (tertiary/aromatic N) is 2. The lowest BCUT2D eigenvalue weighted by Crippen LogP contribution is -2.47. The molecule has 1 N–H and O–H groups in total. The summed E-state index contributed by atoms with van der Waals surface area (Å²) < 4.78 is 0. The second-order valence-electron chi connectivity index (χ2n) is 7.96. The van der Waals surface area contributed by atoms with Crippen molar-refractivity contribution < 1.29 is 0 Å². The van der Waals surface area contributed by atoms with E-state index in [1.807, 2.05) is 0 Å². The lowest BCUT2D eigenvalue weighted by Gasteiger charge is -2.40. The van der Waals surface area contributed by atoms with Gasteiger partial charge in [-0.1, -0.05) is 13.8 Å². The van der Waals surface area contributed by atoms with Crippen LogP contribution in [0.3, 0.4) is 0 Å².